The molecular weight excluding hydrogens is 298 g/mol. The predicted octanol–water partition coefficient (Wildman–Crippen LogP) is 3.69. The molecule has 2 aromatic carbocycles. The van der Waals surface area contributed by atoms with E-state index in [2.05, 4.69) is 72.7 Å². The molecule has 0 atom stereocenters. The van der Waals surface area contributed by atoms with Crippen molar-refractivity contribution in [3.63, 3.8) is 0 Å². The highest BCUT2D eigenvalue weighted by molar-refractivity contribution is 5.79. The zero-order valence-electron chi connectivity index (χ0n) is 14.3. The molecule has 4 heteroatoms. The maximum absolute atomic E-state index is 8.94. The molecule has 4 nitrogen and oxygen atoms in total. The summed E-state index contributed by atoms with van der Waals surface area (Å²) >= 11 is 0. The zero-order valence-corrected chi connectivity index (χ0v) is 14.3. The van der Waals surface area contributed by atoms with Crippen molar-refractivity contribution in [3.05, 3.63) is 64.7 Å². The van der Waals surface area contributed by atoms with Crippen molar-refractivity contribution in [2.75, 3.05) is 12.4 Å². The van der Waals surface area contributed by atoms with Crippen LogP contribution in [0, 0.1) is 6.92 Å². The molecule has 1 fully saturated rings. The number of anilines is 1. The van der Waals surface area contributed by atoms with Gasteiger partial charge in [-0.2, -0.15) is 0 Å². The summed E-state index contributed by atoms with van der Waals surface area (Å²) < 4.78 is 0. The van der Waals surface area contributed by atoms with E-state index in [0.29, 0.717) is 6.41 Å². The number of carbonyl (C=O) groups excluding carboxylic acids is 1. The molecule has 0 heterocycles. The highest BCUT2D eigenvalue weighted by Gasteiger charge is 2.24. The van der Waals surface area contributed by atoms with Crippen LogP contribution < -0.4 is 16.6 Å². The molecule has 4 N–H and O–H groups in total. The van der Waals surface area contributed by atoms with Crippen LogP contribution in [0.1, 0.15) is 41.0 Å². The van der Waals surface area contributed by atoms with Crippen LogP contribution in [0.5, 0.6) is 0 Å². The molecule has 1 aliphatic rings. The first-order valence-electron chi connectivity index (χ1n) is 8.15. The van der Waals surface area contributed by atoms with Crippen LogP contribution in [0.25, 0.3) is 12.2 Å². The van der Waals surface area contributed by atoms with Gasteiger partial charge in [0.1, 0.15) is 0 Å². The van der Waals surface area contributed by atoms with Crippen LogP contribution in [-0.2, 0) is 4.79 Å². The van der Waals surface area contributed by atoms with Crippen LogP contribution in [0.4, 0.5) is 5.69 Å². The van der Waals surface area contributed by atoms with Gasteiger partial charge in [-0.25, -0.2) is 5.84 Å². The molecule has 1 aliphatic carbocycles. The molecule has 0 aliphatic heterocycles. The first-order valence-corrected chi connectivity index (χ1v) is 8.15. The van der Waals surface area contributed by atoms with Gasteiger partial charge in [0.25, 0.3) is 0 Å². The van der Waals surface area contributed by atoms with Crippen molar-refractivity contribution in [1.82, 2.24) is 5.43 Å². The zero-order chi connectivity index (χ0) is 17.4. The van der Waals surface area contributed by atoms with Crippen molar-refractivity contribution in [2.45, 2.75) is 25.7 Å². The summed E-state index contributed by atoms with van der Waals surface area (Å²) in [5, 5.41) is 3.27. The number of hydrogen-bond acceptors (Lipinski definition) is 3. The molecule has 0 bridgehead atoms. The van der Waals surface area contributed by atoms with Crippen LogP contribution >= 0.6 is 0 Å². The standard InChI is InChI=1S/C19H21N.CH4N2O/c1-14-6-5-9-19(20-2)17(14)13-12-15-7-3-4-8-18(15)16-10-11-16;2-3-1-4/h3-9,12-13,16,20H,10-11H2,1-2H3;1H,2H2,(H,3,4)/b13-12+;. The smallest absolute Gasteiger partial charge is 0.221 e. The average Bonchev–Trinajstić information content (AvgIpc) is 3.46. The molecule has 0 spiro atoms. The average molecular weight is 323 g/mol. The van der Waals surface area contributed by atoms with E-state index in [4.69, 9.17) is 4.79 Å². The first-order chi connectivity index (χ1) is 11.7. The van der Waals surface area contributed by atoms with Crippen LogP contribution in [0.15, 0.2) is 42.5 Å². The largest absolute Gasteiger partial charge is 0.388 e. The van der Waals surface area contributed by atoms with Crippen molar-refractivity contribution in [1.29, 1.82) is 0 Å². The lowest BCUT2D eigenvalue weighted by Crippen LogP contribution is -2.18. The maximum atomic E-state index is 8.94. The summed E-state index contributed by atoms with van der Waals surface area (Å²) in [5.74, 6) is 5.20. The Morgan fingerprint density at radius 2 is 1.79 bits per heavy atom. The summed E-state index contributed by atoms with van der Waals surface area (Å²) in [6.07, 6.45) is 7.59. The minimum absolute atomic E-state index is 0.403. The van der Waals surface area contributed by atoms with Gasteiger partial charge < -0.3 is 5.32 Å². The van der Waals surface area contributed by atoms with E-state index in [1.807, 2.05) is 7.05 Å². The van der Waals surface area contributed by atoms with Crippen molar-refractivity contribution >= 4 is 24.2 Å². The number of aryl methyl sites for hydroxylation is 1. The number of nitrogens with two attached hydrogens (primary N) is 1. The molecule has 0 radical (unpaired) electrons. The second kappa shape index (κ2) is 8.89. The Bertz CT molecular complexity index is 706. The number of nitrogens with one attached hydrogen (secondary N) is 2. The summed E-state index contributed by atoms with van der Waals surface area (Å²) in [6, 6.07) is 15.2. The molecular formula is C20H25N3O. The van der Waals surface area contributed by atoms with E-state index in [0.717, 1.165) is 5.92 Å². The molecule has 0 saturated heterocycles. The topological polar surface area (TPSA) is 67.2 Å². The third kappa shape index (κ3) is 4.70. The van der Waals surface area contributed by atoms with E-state index in [1.54, 1.807) is 5.43 Å². The molecule has 24 heavy (non-hydrogen) atoms. The van der Waals surface area contributed by atoms with E-state index >= 15 is 0 Å². The van der Waals surface area contributed by atoms with Gasteiger partial charge >= 0.3 is 0 Å². The Kier molecular flexibility index (Phi) is 6.58. The third-order valence-electron chi connectivity index (χ3n) is 4.10. The van der Waals surface area contributed by atoms with Gasteiger partial charge in [-0.3, -0.25) is 10.2 Å². The number of hydrazine groups is 1. The summed E-state index contributed by atoms with van der Waals surface area (Å²) in [4.78, 5) is 8.94. The van der Waals surface area contributed by atoms with Crippen LogP contribution in [-0.4, -0.2) is 13.5 Å². The Balaban J connectivity index is 0.000000471. The molecule has 2 aromatic rings. The van der Waals surface area contributed by atoms with Gasteiger partial charge in [0.05, 0.1) is 0 Å². The van der Waals surface area contributed by atoms with Crippen molar-refractivity contribution in [2.24, 2.45) is 5.84 Å². The Morgan fingerprint density at radius 1 is 1.08 bits per heavy atom. The van der Waals surface area contributed by atoms with Gasteiger partial charge in [0, 0.05) is 18.3 Å². The predicted molar refractivity (Wildman–Crippen MR) is 101 cm³/mol. The number of benzene rings is 2. The number of carbonyl (C=O) groups is 1. The fourth-order valence-electron chi connectivity index (χ4n) is 2.72. The minimum atomic E-state index is 0.403. The minimum Gasteiger partial charge on any atom is -0.388 e. The van der Waals surface area contributed by atoms with Crippen LogP contribution in [0.3, 0.4) is 0 Å². The lowest BCUT2D eigenvalue weighted by atomic mass is 10.0. The van der Waals surface area contributed by atoms with Gasteiger partial charge in [0.15, 0.2) is 0 Å². The second-order valence-corrected chi connectivity index (χ2v) is 5.81. The second-order valence-electron chi connectivity index (χ2n) is 5.81. The Morgan fingerprint density at radius 3 is 2.42 bits per heavy atom. The molecule has 0 unspecified atom stereocenters. The molecule has 1 amide bonds. The maximum Gasteiger partial charge on any atom is 0.221 e. The molecule has 0 aromatic heterocycles. The summed E-state index contributed by atoms with van der Waals surface area (Å²) in [6.45, 7) is 2.16. The van der Waals surface area contributed by atoms with Gasteiger partial charge in [-0.05, 0) is 48.4 Å². The van der Waals surface area contributed by atoms with Gasteiger partial charge in [-0.1, -0.05) is 48.6 Å². The number of rotatable bonds is 5. The molecule has 3 rings (SSSR count). The monoisotopic (exact) mass is 323 g/mol. The van der Waals surface area contributed by atoms with E-state index in [-0.39, 0.29) is 0 Å². The lowest BCUT2D eigenvalue weighted by molar-refractivity contribution is -0.109. The van der Waals surface area contributed by atoms with E-state index < -0.39 is 0 Å². The molecule has 1 saturated carbocycles. The highest BCUT2D eigenvalue weighted by atomic mass is 16.1. The fourth-order valence-corrected chi connectivity index (χ4v) is 2.72. The number of hydrogen-bond donors (Lipinski definition) is 3. The van der Waals surface area contributed by atoms with Gasteiger partial charge in [-0.15, -0.1) is 0 Å². The summed E-state index contributed by atoms with van der Waals surface area (Å²) in [5.41, 5.74) is 8.38. The van der Waals surface area contributed by atoms with Crippen molar-refractivity contribution in [3.8, 4) is 0 Å². The Hall–Kier alpha value is -2.59. The quantitative estimate of drug-likeness (QED) is 0.258. The van der Waals surface area contributed by atoms with Gasteiger partial charge in [0.2, 0.25) is 6.41 Å². The summed E-state index contributed by atoms with van der Waals surface area (Å²) in [7, 11) is 1.98. The van der Waals surface area contributed by atoms with Crippen LogP contribution in [0.2, 0.25) is 0 Å². The lowest BCUT2D eigenvalue weighted by Gasteiger charge is -2.09. The number of amides is 1. The highest BCUT2D eigenvalue weighted by Crippen LogP contribution is 2.42. The van der Waals surface area contributed by atoms with Crippen molar-refractivity contribution < 1.29 is 4.79 Å². The van der Waals surface area contributed by atoms with E-state index in [1.165, 1.54) is 40.8 Å². The first kappa shape index (κ1) is 17.8. The Labute approximate surface area is 143 Å². The fraction of sp³-hybridized carbons (Fsp3) is 0.250. The SMILES string of the molecule is CNc1cccc(C)c1/C=C/c1ccccc1C1CC1.NNC=O. The van der Waals surface area contributed by atoms with E-state index in [9.17, 15) is 0 Å². The third-order valence-corrected chi connectivity index (χ3v) is 4.10. The normalized spacial score (nSPS) is 13.1. The molecule has 126 valence electrons.